The summed E-state index contributed by atoms with van der Waals surface area (Å²) in [4.78, 5) is 2.63. The summed E-state index contributed by atoms with van der Waals surface area (Å²) in [7, 11) is 0. The Morgan fingerprint density at radius 1 is 0.938 bits per heavy atom. The number of rotatable bonds is 10. The van der Waals surface area contributed by atoms with Gasteiger partial charge in [-0.25, -0.2) is 0 Å². The molecule has 0 heterocycles. The topological polar surface area (TPSA) is 15.3 Å². The second-order valence-corrected chi connectivity index (χ2v) is 9.48. The smallest absolute Gasteiger partial charge is 0.0614 e. The summed E-state index contributed by atoms with van der Waals surface area (Å²) >= 11 is 0. The van der Waals surface area contributed by atoms with Crippen molar-refractivity contribution < 1.29 is 0 Å². The van der Waals surface area contributed by atoms with Crippen molar-refractivity contribution in [2.75, 3.05) is 26.2 Å². The number of nitrogens with zero attached hydrogens (tertiary/aromatic N) is 1. The Morgan fingerprint density at radius 3 is 2.25 bits per heavy atom. The number of hydrogen-bond donors (Lipinski definition) is 1. The highest BCUT2D eigenvalue weighted by atomic mass is 15.2. The zero-order valence-electron chi connectivity index (χ0n) is 20.1. The monoisotopic (exact) mass is 428 g/mol. The number of fused-ring (bicyclic) bond motifs is 3. The zero-order chi connectivity index (χ0) is 22.3. The molecule has 2 aromatic carbocycles. The van der Waals surface area contributed by atoms with Crippen LogP contribution in [-0.4, -0.2) is 31.1 Å². The van der Waals surface area contributed by atoms with Crippen LogP contribution in [0.25, 0.3) is 11.1 Å². The second-order valence-electron chi connectivity index (χ2n) is 9.48. The molecule has 1 N–H and O–H groups in total. The van der Waals surface area contributed by atoms with E-state index in [4.69, 9.17) is 0 Å². The van der Waals surface area contributed by atoms with Crippen LogP contribution in [0.15, 0.2) is 71.8 Å². The fourth-order valence-corrected chi connectivity index (χ4v) is 5.61. The predicted molar refractivity (Wildman–Crippen MR) is 138 cm³/mol. The lowest BCUT2D eigenvalue weighted by atomic mass is 9.86. The van der Waals surface area contributed by atoms with Gasteiger partial charge >= 0.3 is 0 Å². The highest BCUT2D eigenvalue weighted by Crippen LogP contribution is 2.45. The van der Waals surface area contributed by atoms with E-state index in [-0.39, 0.29) is 0 Å². The van der Waals surface area contributed by atoms with Gasteiger partial charge in [-0.15, -0.1) is 0 Å². The molecule has 2 aromatic rings. The minimum absolute atomic E-state index is 0.382. The number of benzene rings is 2. The molecule has 0 bridgehead atoms. The van der Waals surface area contributed by atoms with Crippen LogP contribution in [0.4, 0.5) is 0 Å². The van der Waals surface area contributed by atoms with Crippen LogP contribution in [0.2, 0.25) is 0 Å². The third kappa shape index (κ3) is 5.08. The van der Waals surface area contributed by atoms with E-state index in [1.165, 1.54) is 72.8 Å². The molecule has 0 radical (unpaired) electrons. The SMILES string of the molecule is C=C1CCCC/C1=C(/C)CCCCNCCN(CC)C1c2ccccc2-c2ccccc21. The van der Waals surface area contributed by atoms with Gasteiger partial charge in [-0.3, -0.25) is 4.90 Å². The van der Waals surface area contributed by atoms with Gasteiger partial charge in [0.15, 0.2) is 0 Å². The van der Waals surface area contributed by atoms with Crippen LogP contribution >= 0.6 is 0 Å². The number of unbranched alkanes of at least 4 members (excludes halogenated alkanes) is 1. The average Bonchev–Trinajstić information content (AvgIpc) is 3.16. The molecule has 4 rings (SSSR count). The first kappa shape index (κ1) is 23.0. The molecule has 2 heteroatoms. The number of allylic oxidation sites excluding steroid dienone is 3. The van der Waals surface area contributed by atoms with Crippen molar-refractivity contribution in [2.24, 2.45) is 0 Å². The minimum atomic E-state index is 0.382. The molecule has 0 saturated heterocycles. The van der Waals surface area contributed by atoms with Gasteiger partial charge in [0.05, 0.1) is 6.04 Å². The van der Waals surface area contributed by atoms with E-state index in [9.17, 15) is 0 Å². The summed E-state index contributed by atoms with van der Waals surface area (Å²) < 4.78 is 0. The molecule has 2 aliphatic rings. The molecule has 0 aliphatic heterocycles. The number of nitrogens with one attached hydrogen (secondary N) is 1. The molecule has 0 unspecified atom stereocenters. The molecular formula is C30H40N2. The Kier molecular flexibility index (Phi) is 8.00. The normalized spacial score (nSPS) is 17.5. The van der Waals surface area contributed by atoms with Crippen molar-refractivity contribution in [1.82, 2.24) is 10.2 Å². The molecular weight excluding hydrogens is 388 g/mol. The van der Waals surface area contributed by atoms with E-state index >= 15 is 0 Å². The first-order valence-electron chi connectivity index (χ1n) is 12.7. The third-order valence-electron chi connectivity index (χ3n) is 7.40. The lowest BCUT2D eigenvalue weighted by Gasteiger charge is -2.29. The Morgan fingerprint density at radius 2 is 1.59 bits per heavy atom. The van der Waals surface area contributed by atoms with Gasteiger partial charge in [0, 0.05) is 13.1 Å². The maximum absolute atomic E-state index is 4.30. The fraction of sp³-hybridized carbons (Fsp3) is 0.467. The first-order chi connectivity index (χ1) is 15.7. The quantitative estimate of drug-likeness (QED) is 0.400. The summed E-state index contributed by atoms with van der Waals surface area (Å²) in [6, 6.07) is 18.3. The van der Waals surface area contributed by atoms with Crippen LogP contribution in [-0.2, 0) is 0 Å². The molecule has 2 aliphatic carbocycles. The molecule has 32 heavy (non-hydrogen) atoms. The van der Waals surface area contributed by atoms with E-state index in [0.29, 0.717) is 6.04 Å². The summed E-state index contributed by atoms with van der Waals surface area (Å²) in [5.74, 6) is 0. The molecule has 2 nitrogen and oxygen atoms in total. The predicted octanol–water partition coefficient (Wildman–Crippen LogP) is 7.28. The fourth-order valence-electron chi connectivity index (χ4n) is 5.61. The third-order valence-corrected chi connectivity index (χ3v) is 7.40. The van der Waals surface area contributed by atoms with Crippen LogP contribution < -0.4 is 5.32 Å². The van der Waals surface area contributed by atoms with Gasteiger partial charge < -0.3 is 5.32 Å². The van der Waals surface area contributed by atoms with Crippen LogP contribution in [0.3, 0.4) is 0 Å². The van der Waals surface area contributed by atoms with Gasteiger partial charge in [0.1, 0.15) is 0 Å². The van der Waals surface area contributed by atoms with Crippen LogP contribution in [0.5, 0.6) is 0 Å². The Balaban J connectivity index is 1.25. The van der Waals surface area contributed by atoms with Crippen molar-refractivity contribution in [2.45, 2.75) is 64.8 Å². The summed E-state index contributed by atoms with van der Waals surface area (Å²) in [5.41, 5.74) is 10.3. The van der Waals surface area contributed by atoms with E-state index in [2.05, 4.69) is 79.2 Å². The van der Waals surface area contributed by atoms with Crippen molar-refractivity contribution in [1.29, 1.82) is 0 Å². The molecule has 0 atom stereocenters. The molecule has 1 saturated carbocycles. The van der Waals surface area contributed by atoms with Crippen molar-refractivity contribution in [3.63, 3.8) is 0 Å². The second kappa shape index (κ2) is 11.1. The first-order valence-corrected chi connectivity index (χ1v) is 12.7. The zero-order valence-corrected chi connectivity index (χ0v) is 20.1. The van der Waals surface area contributed by atoms with Gasteiger partial charge in [-0.05, 0) is 92.8 Å². The Hall–Kier alpha value is -2.16. The van der Waals surface area contributed by atoms with E-state index in [1.807, 2.05) is 0 Å². The van der Waals surface area contributed by atoms with Crippen molar-refractivity contribution in [3.8, 4) is 11.1 Å². The van der Waals surface area contributed by atoms with E-state index in [0.717, 1.165) is 26.2 Å². The van der Waals surface area contributed by atoms with E-state index < -0.39 is 0 Å². The maximum Gasteiger partial charge on any atom is 0.0614 e. The van der Waals surface area contributed by atoms with Gasteiger partial charge in [-0.1, -0.05) is 73.2 Å². The Bertz CT molecular complexity index is 909. The van der Waals surface area contributed by atoms with E-state index in [1.54, 1.807) is 11.1 Å². The highest BCUT2D eigenvalue weighted by molar-refractivity contribution is 5.78. The number of hydrogen-bond acceptors (Lipinski definition) is 2. The lowest BCUT2D eigenvalue weighted by molar-refractivity contribution is 0.241. The summed E-state index contributed by atoms with van der Waals surface area (Å²) in [5, 5.41) is 3.71. The molecule has 0 amide bonds. The molecule has 0 spiro atoms. The largest absolute Gasteiger partial charge is 0.315 e. The lowest BCUT2D eigenvalue weighted by Crippen LogP contribution is -2.35. The minimum Gasteiger partial charge on any atom is -0.315 e. The molecule has 170 valence electrons. The maximum atomic E-state index is 4.30. The van der Waals surface area contributed by atoms with Gasteiger partial charge in [-0.2, -0.15) is 0 Å². The van der Waals surface area contributed by atoms with Crippen molar-refractivity contribution in [3.05, 3.63) is 83.0 Å². The molecule has 0 aromatic heterocycles. The highest BCUT2D eigenvalue weighted by Gasteiger charge is 2.31. The summed E-state index contributed by atoms with van der Waals surface area (Å²) in [6.07, 6.45) is 8.88. The molecule has 1 fully saturated rings. The van der Waals surface area contributed by atoms with Crippen LogP contribution in [0, 0.1) is 0 Å². The van der Waals surface area contributed by atoms with Gasteiger partial charge in [0.2, 0.25) is 0 Å². The van der Waals surface area contributed by atoms with Crippen LogP contribution in [0.1, 0.15) is 76.0 Å². The standard InChI is InChI=1S/C30H40N2/c1-4-32(30-28-18-9-7-16-26(28)27-17-8-10-19-29(27)30)22-21-31-20-12-11-14-24(3)25-15-6-5-13-23(25)2/h7-10,16-19,30-31H,2,4-6,11-15,20-22H2,1,3H3/b25-24+. The number of likely N-dealkylation sites (N-methyl/N-ethyl adjacent to an activating group) is 1. The van der Waals surface area contributed by atoms with Crippen molar-refractivity contribution >= 4 is 0 Å². The average molecular weight is 429 g/mol. The van der Waals surface area contributed by atoms with Gasteiger partial charge in [0.25, 0.3) is 0 Å². The summed E-state index contributed by atoms with van der Waals surface area (Å²) in [6.45, 7) is 13.2. The Labute approximate surface area is 195 Å².